The zero-order valence-corrected chi connectivity index (χ0v) is 15.0. The minimum atomic E-state index is -3.54. The third-order valence-electron chi connectivity index (χ3n) is 3.92. The highest BCUT2D eigenvalue weighted by Gasteiger charge is 2.18. The van der Waals surface area contributed by atoms with E-state index in [0.717, 1.165) is 43.6 Å². The van der Waals surface area contributed by atoms with Crippen molar-refractivity contribution in [3.8, 4) is 0 Å². The van der Waals surface area contributed by atoms with Crippen molar-refractivity contribution in [2.45, 2.75) is 11.3 Å². The van der Waals surface area contributed by atoms with E-state index in [1.807, 2.05) is 0 Å². The van der Waals surface area contributed by atoms with E-state index in [1.54, 1.807) is 12.1 Å². The number of rotatable bonds is 7. The molecule has 7 nitrogen and oxygen atoms in total. The second-order valence-corrected chi connectivity index (χ2v) is 8.03. The van der Waals surface area contributed by atoms with Crippen molar-refractivity contribution in [1.82, 2.24) is 14.5 Å². The molecule has 1 aliphatic heterocycles. The van der Waals surface area contributed by atoms with Gasteiger partial charge in [0.15, 0.2) is 0 Å². The maximum Gasteiger partial charge on any atom is 0.251 e. The molecule has 0 radical (unpaired) electrons. The number of carbonyl (C=O) groups excluding carboxylic acids is 1. The van der Waals surface area contributed by atoms with E-state index in [2.05, 4.69) is 10.2 Å². The highest BCUT2D eigenvalue weighted by molar-refractivity contribution is 7.89. The summed E-state index contributed by atoms with van der Waals surface area (Å²) in [5.41, 5.74) is 0.351. The lowest BCUT2D eigenvalue weighted by Crippen LogP contribution is -2.38. The van der Waals surface area contributed by atoms with Crippen LogP contribution in [0.2, 0.25) is 0 Å². The Morgan fingerprint density at radius 1 is 1.29 bits per heavy atom. The molecule has 0 unspecified atom stereocenters. The highest BCUT2D eigenvalue weighted by Crippen LogP contribution is 2.14. The number of benzene rings is 1. The van der Waals surface area contributed by atoms with Gasteiger partial charge in [-0.25, -0.2) is 12.7 Å². The van der Waals surface area contributed by atoms with E-state index in [0.29, 0.717) is 12.1 Å². The number of ether oxygens (including phenoxy) is 1. The topological polar surface area (TPSA) is 79.0 Å². The van der Waals surface area contributed by atoms with E-state index in [-0.39, 0.29) is 10.8 Å². The first-order valence-electron chi connectivity index (χ1n) is 8.02. The van der Waals surface area contributed by atoms with E-state index in [1.165, 1.54) is 26.2 Å². The molecule has 1 aliphatic rings. The van der Waals surface area contributed by atoms with E-state index in [9.17, 15) is 13.2 Å². The van der Waals surface area contributed by atoms with Crippen LogP contribution >= 0.6 is 0 Å². The van der Waals surface area contributed by atoms with Crippen LogP contribution in [-0.4, -0.2) is 77.0 Å². The predicted molar refractivity (Wildman–Crippen MR) is 91.5 cm³/mol. The minimum absolute atomic E-state index is 0.119. The molecule has 2 rings (SSSR count). The Balaban J connectivity index is 1.86. The molecule has 8 heteroatoms. The van der Waals surface area contributed by atoms with Gasteiger partial charge in [0.25, 0.3) is 5.91 Å². The number of carbonyl (C=O) groups is 1. The Kier molecular flexibility index (Phi) is 6.73. The average molecular weight is 355 g/mol. The van der Waals surface area contributed by atoms with Gasteiger partial charge >= 0.3 is 0 Å². The largest absolute Gasteiger partial charge is 0.379 e. The normalized spacial score (nSPS) is 16.3. The standard InChI is InChI=1S/C16H25N3O4S/c1-18(2)24(21,22)15-6-3-5-14(13-15)16(20)17-7-4-8-19-9-11-23-12-10-19/h3,5-6,13H,4,7-12H2,1-2H3,(H,17,20). The summed E-state index contributed by atoms with van der Waals surface area (Å²) in [6.07, 6.45) is 0.849. The lowest BCUT2D eigenvalue weighted by Gasteiger charge is -2.26. The van der Waals surface area contributed by atoms with Crippen LogP contribution in [0.1, 0.15) is 16.8 Å². The van der Waals surface area contributed by atoms with E-state index in [4.69, 9.17) is 4.74 Å². The number of nitrogens with zero attached hydrogens (tertiary/aromatic N) is 2. The van der Waals surface area contributed by atoms with Crippen LogP contribution in [0.4, 0.5) is 0 Å². The van der Waals surface area contributed by atoms with Crippen LogP contribution in [-0.2, 0) is 14.8 Å². The van der Waals surface area contributed by atoms with Crippen LogP contribution < -0.4 is 5.32 Å². The lowest BCUT2D eigenvalue weighted by atomic mass is 10.2. The second-order valence-electron chi connectivity index (χ2n) is 5.88. The monoisotopic (exact) mass is 355 g/mol. The minimum Gasteiger partial charge on any atom is -0.379 e. The molecule has 134 valence electrons. The third kappa shape index (κ3) is 5.01. The van der Waals surface area contributed by atoms with E-state index >= 15 is 0 Å². The van der Waals surface area contributed by atoms with Gasteiger partial charge in [-0.1, -0.05) is 6.07 Å². The van der Waals surface area contributed by atoms with Crippen molar-refractivity contribution in [2.24, 2.45) is 0 Å². The smallest absolute Gasteiger partial charge is 0.251 e. The van der Waals surface area contributed by atoms with Crippen LogP contribution in [0.3, 0.4) is 0 Å². The van der Waals surface area contributed by atoms with Crippen LogP contribution in [0, 0.1) is 0 Å². The lowest BCUT2D eigenvalue weighted by molar-refractivity contribution is 0.0374. The fourth-order valence-electron chi connectivity index (χ4n) is 2.44. The molecular formula is C16H25N3O4S. The van der Waals surface area contributed by atoms with Crippen molar-refractivity contribution in [2.75, 3.05) is 53.5 Å². The van der Waals surface area contributed by atoms with Crippen molar-refractivity contribution >= 4 is 15.9 Å². The van der Waals surface area contributed by atoms with Gasteiger partial charge < -0.3 is 10.1 Å². The van der Waals surface area contributed by atoms with Crippen molar-refractivity contribution in [3.63, 3.8) is 0 Å². The van der Waals surface area contributed by atoms with E-state index < -0.39 is 10.0 Å². The molecule has 1 heterocycles. The number of sulfonamides is 1. The summed E-state index contributed by atoms with van der Waals surface area (Å²) in [6.45, 7) is 4.86. The van der Waals surface area contributed by atoms with Gasteiger partial charge in [-0.15, -0.1) is 0 Å². The first-order chi connectivity index (χ1) is 11.4. The first-order valence-corrected chi connectivity index (χ1v) is 9.46. The van der Waals surface area contributed by atoms with Gasteiger partial charge in [0.05, 0.1) is 18.1 Å². The zero-order chi connectivity index (χ0) is 17.6. The van der Waals surface area contributed by atoms with Crippen LogP contribution in [0.5, 0.6) is 0 Å². The molecule has 1 aromatic rings. The maximum absolute atomic E-state index is 12.2. The van der Waals surface area contributed by atoms with Crippen LogP contribution in [0.25, 0.3) is 0 Å². The number of nitrogens with one attached hydrogen (secondary N) is 1. The molecule has 0 aromatic heterocycles. The molecule has 1 fully saturated rings. The molecule has 1 N–H and O–H groups in total. The summed E-state index contributed by atoms with van der Waals surface area (Å²) < 4.78 is 30.7. The van der Waals surface area contributed by atoms with Crippen molar-refractivity contribution < 1.29 is 17.9 Å². The summed E-state index contributed by atoms with van der Waals surface area (Å²) in [4.78, 5) is 14.6. The van der Waals surface area contributed by atoms with Crippen molar-refractivity contribution in [1.29, 1.82) is 0 Å². The first kappa shape index (κ1) is 18.9. The number of amides is 1. The second kappa shape index (κ2) is 8.57. The summed E-state index contributed by atoms with van der Waals surface area (Å²) >= 11 is 0. The zero-order valence-electron chi connectivity index (χ0n) is 14.2. The third-order valence-corrected chi connectivity index (χ3v) is 5.73. The number of hydrogen-bond donors (Lipinski definition) is 1. The molecule has 0 atom stereocenters. The summed E-state index contributed by atoms with van der Waals surface area (Å²) in [5.74, 6) is -0.257. The number of morpholine rings is 1. The quantitative estimate of drug-likeness (QED) is 0.716. The van der Waals surface area contributed by atoms with Crippen LogP contribution in [0.15, 0.2) is 29.2 Å². The summed E-state index contributed by atoms with van der Waals surface area (Å²) in [7, 11) is -0.606. The van der Waals surface area contributed by atoms with Gasteiger partial charge in [0, 0.05) is 39.3 Å². The predicted octanol–water partition coefficient (Wildman–Crippen LogP) is 0.389. The summed E-state index contributed by atoms with van der Waals surface area (Å²) in [6, 6.07) is 6.10. The Labute approximate surface area is 143 Å². The SMILES string of the molecule is CN(C)S(=O)(=O)c1cccc(C(=O)NCCCN2CCOCC2)c1. The Morgan fingerprint density at radius 3 is 2.67 bits per heavy atom. The molecule has 0 spiro atoms. The fraction of sp³-hybridized carbons (Fsp3) is 0.562. The molecule has 0 aliphatic carbocycles. The molecule has 1 saturated heterocycles. The molecule has 1 aromatic carbocycles. The molecular weight excluding hydrogens is 330 g/mol. The molecule has 0 bridgehead atoms. The van der Waals surface area contributed by atoms with Crippen molar-refractivity contribution in [3.05, 3.63) is 29.8 Å². The Hall–Kier alpha value is -1.48. The average Bonchev–Trinajstić information content (AvgIpc) is 2.59. The number of hydrogen-bond acceptors (Lipinski definition) is 5. The maximum atomic E-state index is 12.2. The van der Waals surface area contributed by atoms with Gasteiger partial charge in [0.2, 0.25) is 10.0 Å². The van der Waals surface area contributed by atoms with Gasteiger partial charge in [-0.05, 0) is 31.2 Å². The Morgan fingerprint density at radius 2 is 2.00 bits per heavy atom. The molecule has 1 amide bonds. The fourth-order valence-corrected chi connectivity index (χ4v) is 3.39. The van der Waals surface area contributed by atoms with Gasteiger partial charge in [-0.3, -0.25) is 9.69 Å². The summed E-state index contributed by atoms with van der Waals surface area (Å²) in [5, 5.41) is 2.84. The Bertz CT molecular complexity index is 655. The van der Waals surface area contributed by atoms with Gasteiger partial charge in [0.1, 0.15) is 0 Å². The van der Waals surface area contributed by atoms with Gasteiger partial charge in [-0.2, -0.15) is 0 Å². The molecule has 0 saturated carbocycles. The highest BCUT2D eigenvalue weighted by atomic mass is 32.2. The molecule has 24 heavy (non-hydrogen) atoms.